The average Bonchev–Trinajstić information content (AvgIpc) is 3.04. The molecule has 0 atom stereocenters. The molecule has 1 aliphatic rings. The van der Waals surface area contributed by atoms with E-state index < -0.39 is 10.0 Å². The van der Waals surface area contributed by atoms with E-state index in [-0.39, 0.29) is 10.4 Å². The van der Waals surface area contributed by atoms with Crippen LogP contribution in [0.2, 0.25) is 0 Å². The highest BCUT2D eigenvalue weighted by Crippen LogP contribution is 2.37. The van der Waals surface area contributed by atoms with Gasteiger partial charge >= 0.3 is 0 Å². The van der Waals surface area contributed by atoms with Gasteiger partial charge in [0.15, 0.2) is 0 Å². The summed E-state index contributed by atoms with van der Waals surface area (Å²) in [6.45, 7) is 2.19. The number of ether oxygens (including phenoxy) is 1. The van der Waals surface area contributed by atoms with Gasteiger partial charge in [0.2, 0.25) is 10.0 Å². The molecule has 6 heteroatoms. The summed E-state index contributed by atoms with van der Waals surface area (Å²) in [5, 5.41) is 0. The zero-order valence-corrected chi connectivity index (χ0v) is 11.4. The van der Waals surface area contributed by atoms with Crippen LogP contribution in [-0.2, 0) is 16.6 Å². The molecule has 5 nitrogen and oxygen atoms in total. The molecular formula is C12H18N2O3S. The first kappa shape index (κ1) is 13.3. The van der Waals surface area contributed by atoms with Crippen LogP contribution in [0.4, 0.5) is 0 Å². The van der Waals surface area contributed by atoms with Crippen LogP contribution >= 0.6 is 0 Å². The summed E-state index contributed by atoms with van der Waals surface area (Å²) >= 11 is 0. The third-order valence-corrected chi connectivity index (χ3v) is 4.79. The van der Waals surface area contributed by atoms with E-state index in [2.05, 4.69) is 4.72 Å². The Morgan fingerprint density at radius 1 is 1.44 bits per heavy atom. The van der Waals surface area contributed by atoms with E-state index in [0.29, 0.717) is 12.3 Å². The van der Waals surface area contributed by atoms with Crippen LogP contribution in [0, 0.1) is 0 Å². The van der Waals surface area contributed by atoms with E-state index in [1.54, 1.807) is 18.2 Å². The molecule has 1 saturated carbocycles. The second-order valence-electron chi connectivity index (χ2n) is 4.86. The monoisotopic (exact) mass is 270 g/mol. The fourth-order valence-electron chi connectivity index (χ4n) is 1.73. The Hall–Kier alpha value is -1.11. The maximum absolute atomic E-state index is 12.3. The number of hydrogen-bond donors (Lipinski definition) is 2. The molecule has 0 unspecified atom stereocenters. The van der Waals surface area contributed by atoms with Crippen molar-refractivity contribution in [3.63, 3.8) is 0 Å². The number of benzene rings is 1. The minimum atomic E-state index is -3.56. The zero-order chi connectivity index (χ0) is 13.4. The van der Waals surface area contributed by atoms with Crippen molar-refractivity contribution in [1.82, 2.24) is 4.72 Å². The first-order chi connectivity index (χ1) is 8.40. The van der Waals surface area contributed by atoms with Crippen LogP contribution in [0.3, 0.4) is 0 Å². The molecule has 0 bridgehead atoms. The summed E-state index contributed by atoms with van der Waals surface area (Å²) in [5.74, 6) is 0.337. The number of methoxy groups -OCH3 is 1. The summed E-state index contributed by atoms with van der Waals surface area (Å²) in [4.78, 5) is 0.154. The number of nitrogens with two attached hydrogens (primary N) is 1. The highest BCUT2D eigenvalue weighted by Gasteiger charge is 2.41. The molecule has 1 aromatic rings. The van der Waals surface area contributed by atoms with Crippen molar-refractivity contribution in [2.45, 2.75) is 36.7 Å². The van der Waals surface area contributed by atoms with Crippen molar-refractivity contribution in [2.24, 2.45) is 5.73 Å². The van der Waals surface area contributed by atoms with Gasteiger partial charge in [0.05, 0.1) is 7.11 Å². The molecule has 0 saturated heterocycles. The van der Waals surface area contributed by atoms with Crippen molar-refractivity contribution >= 4 is 10.0 Å². The minimum Gasteiger partial charge on any atom is -0.495 e. The number of nitrogens with one attached hydrogen (secondary N) is 1. The minimum absolute atomic E-state index is 0.154. The smallest absolute Gasteiger partial charge is 0.244 e. The lowest BCUT2D eigenvalue weighted by atomic mass is 10.2. The molecular weight excluding hydrogens is 252 g/mol. The van der Waals surface area contributed by atoms with Gasteiger partial charge in [-0.15, -0.1) is 0 Å². The van der Waals surface area contributed by atoms with Gasteiger partial charge in [-0.3, -0.25) is 0 Å². The van der Waals surface area contributed by atoms with Gasteiger partial charge in [0, 0.05) is 12.1 Å². The highest BCUT2D eigenvalue weighted by molar-refractivity contribution is 7.89. The summed E-state index contributed by atoms with van der Waals surface area (Å²) < 4.78 is 32.4. The lowest BCUT2D eigenvalue weighted by Crippen LogP contribution is -2.34. The first-order valence-electron chi connectivity index (χ1n) is 5.81. The van der Waals surface area contributed by atoms with Gasteiger partial charge < -0.3 is 10.5 Å². The fraction of sp³-hybridized carbons (Fsp3) is 0.500. The predicted molar refractivity (Wildman–Crippen MR) is 68.8 cm³/mol. The highest BCUT2D eigenvalue weighted by atomic mass is 32.2. The maximum Gasteiger partial charge on any atom is 0.244 e. The Morgan fingerprint density at radius 3 is 2.61 bits per heavy atom. The van der Waals surface area contributed by atoms with E-state index in [0.717, 1.165) is 18.4 Å². The normalized spacial score (nSPS) is 17.5. The molecule has 0 radical (unpaired) electrons. The van der Waals surface area contributed by atoms with Crippen molar-refractivity contribution in [3.05, 3.63) is 23.8 Å². The SMILES string of the molecule is COc1ccc(CN)cc1S(=O)(=O)NC1(C)CC1. The second-order valence-corrected chi connectivity index (χ2v) is 6.51. The van der Waals surface area contributed by atoms with Gasteiger partial charge in [0.25, 0.3) is 0 Å². The standard InChI is InChI=1S/C12H18N2O3S/c1-12(5-6-12)14-18(15,16)11-7-9(8-13)3-4-10(11)17-2/h3-4,7,14H,5-6,8,13H2,1-2H3. The second kappa shape index (κ2) is 4.53. The van der Waals surface area contributed by atoms with Gasteiger partial charge in [0.1, 0.15) is 10.6 Å². The van der Waals surface area contributed by atoms with Crippen LogP contribution in [0.25, 0.3) is 0 Å². The number of rotatable bonds is 5. The fourth-order valence-corrected chi connectivity index (χ4v) is 3.41. The van der Waals surface area contributed by atoms with E-state index >= 15 is 0 Å². The lowest BCUT2D eigenvalue weighted by molar-refractivity contribution is 0.401. The van der Waals surface area contributed by atoms with Gasteiger partial charge in [-0.1, -0.05) is 6.07 Å². The maximum atomic E-state index is 12.3. The first-order valence-corrected chi connectivity index (χ1v) is 7.29. The summed E-state index contributed by atoms with van der Waals surface area (Å²) in [7, 11) is -2.11. The largest absolute Gasteiger partial charge is 0.495 e. The lowest BCUT2D eigenvalue weighted by Gasteiger charge is -2.15. The molecule has 1 fully saturated rings. The topological polar surface area (TPSA) is 81.4 Å². The molecule has 18 heavy (non-hydrogen) atoms. The third kappa shape index (κ3) is 2.66. The average molecular weight is 270 g/mol. The van der Waals surface area contributed by atoms with Crippen LogP contribution in [-0.4, -0.2) is 21.1 Å². The number of sulfonamides is 1. The van der Waals surface area contributed by atoms with E-state index in [9.17, 15) is 8.42 Å². The van der Waals surface area contributed by atoms with Gasteiger partial charge in [-0.05, 0) is 37.5 Å². The zero-order valence-electron chi connectivity index (χ0n) is 10.6. The van der Waals surface area contributed by atoms with Crippen molar-refractivity contribution in [2.75, 3.05) is 7.11 Å². The van der Waals surface area contributed by atoms with Crippen molar-refractivity contribution < 1.29 is 13.2 Å². The molecule has 0 spiro atoms. The van der Waals surface area contributed by atoms with Gasteiger partial charge in [-0.25, -0.2) is 13.1 Å². The third-order valence-electron chi connectivity index (χ3n) is 3.13. The van der Waals surface area contributed by atoms with E-state index in [1.807, 2.05) is 6.92 Å². The van der Waals surface area contributed by atoms with Gasteiger partial charge in [-0.2, -0.15) is 0 Å². The molecule has 0 aliphatic heterocycles. The molecule has 100 valence electrons. The Morgan fingerprint density at radius 2 is 2.11 bits per heavy atom. The Labute approximate surface area is 107 Å². The van der Waals surface area contributed by atoms with Crippen LogP contribution in [0.1, 0.15) is 25.3 Å². The Bertz CT molecular complexity index is 550. The Kier molecular flexibility index (Phi) is 3.35. The molecule has 2 rings (SSSR count). The van der Waals surface area contributed by atoms with Crippen molar-refractivity contribution in [3.8, 4) is 5.75 Å². The van der Waals surface area contributed by atoms with Crippen LogP contribution in [0.15, 0.2) is 23.1 Å². The predicted octanol–water partition coefficient (Wildman–Crippen LogP) is 0.985. The van der Waals surface area contributed by atoms with E-state index in [4.69, 9.17) is 10.5 Å². The van der Waals surface area contributed by atoms with Crippen LogP contribution in [0.5, 0.6) is 5.75 Å². The number of hydrogen-bond acceptors (Lipinski definition) is 4. The molecule has 3 N–H and O–H groups in total. The summed E-state index contributed by atoms with van der Waals surface area (Å²) in [6.07, 6.45) is 1.73. The molecule has 0 amide bonds. The molecule has 1 aromatic carbocycles. The molecule has 0 aromatic heterocycles. The van der Waals surface area contributed by atoms with E-state index in [1.165, 1.54) is 7.11 Å². The van der Waals surface area contributed by atoms with Crippen molar-refractivity contribution in [1.29, 1.82) is 0 Å². The quantitative estimate of drug-likeness (QED) is 0.836. The summed E-state index contributed by atoms with van der Waals surface area (Å²) in [5.41, 5.74) is 6.00. The Balaban J connectivity index is 2.41. The molecule has 1 aliphatic carbocycles. The molecule has 0 heterocycles. The summed E-state index contributed by atoms with van der Waals surface area (Å²) in [6, 6.07) is 4.95. The van der Waals surface area contributed by atoms with Crippen LogP contribution < -0.4 is 15.2 Å².